The van der Waals surface area contributed by atoms with Crippen molar-refractivity contribution in [1.82, 2.24) is 4.90 Å². The van der Waals surface area contributed by atoms with Crippen molar-refractivity contribution in [2.24, 2.45) is 0 Å². The van der Waals surface area contributed by atoms with Crippen LogP contribution in [0.4, 0.5) is 10.1 Å². The number of anilines is 1. The Labute approximate surface area is 126 Å². The average molecular weight is 296 g/mol. The third kappa shape index (κ3) is 5.44. The molecule has 0 saturated carbocycles. The van der Waals surface area contributed by atoms with Crippen LogP contribution in [0.2, 0.25) is 0 Å². The second-order valence-electron chi connectivity index (χ2n) is 6.00. The Bertz CT molecular complexity index is 498. The van der Waals surface area contributed by atoms with Crippen molar-refractivity contribution in [1.29, 1.82) is 0 Å². The number of carbonyl (C=O) groups is 1. The predicted octanol–water partition coefficient (Wildman–Crippen LogP) is 2.55. The molecule has 0 saturated heterocycles. The summed E-state index contributed by atoms with van der Waals surface area (Å²) in [5.74, 6) is -0.561. The Balaban J connectivity index is 2.74. The lowest BCUT2D eigenvalue weighted by molar-refractivity contribution is -0.121. The van der Waals surface area contributed by atoms with Crippen LogP contribution in [0.1, 0.15) is 33.3 Å². The zero-order valence-electron chi connectivity index (χ0n) is 13.4. The summed E-state index contributed by atoms with van der Waals surface area (Å²) < 4.78 is 13.5. The quantitative estimate of drug-likeness (QED) is 0.848. The number of nitrogens with zero attached hydrogens (tertiary/aromatic N) is 1. The molecular weight excluding hydrogens is 271 g/mol. The second-order valence-corrected chi connectivity index (χ2v) is 6.00. The third-order valence-electron chi connectivity index (χ3n) is 3.36. The maximum Gasteiger partial charge on any atom is 0.241 e. The second kappa shape index (κ2) is 7.00. The fourth-order valence-electron chi connectivity index (χ4n) is 2.10. The van der Waals surface area contributed by atoms with Gasteiger partial charge in [-0.3, -0.25) is 9.69 Å². The Morgan fingerprint density at radius 3 is 2.57 bits per heavy atom. The van der Waals surface area contributed by atoms with Crippen LogP contribution >= 0.6 is 0 Å². The molecule has 0 fully saturated rings. The molecule has 0 aliphatic heterocycles. The van der Waals surface area contributed by atoms with E-state index in [1.54, 1.807) is 39.8 Å². The summed E-state index contributed by atoms with van der Waals surface area (Å²) in [7, 11) is 0. The molecule has 1 aromatic rings. The lowest BCUT2D eigenvalue weighted by atomic mass is 10.1. The van der Waals surface area contributed by atoms with Crippen molar-refractivity contribution in [3.05, 3.63) is 29.6 Å². The molecule has 1 atom stereocenters. The summed E-state index contributed by atoms with van der Waals surface area (Å²) in [4.78, 5) is 14.1. The minimum absolute atomic E-state index is 0.218. The molecule has 0 radical (unpaired) electrons. The van der Waals surface area contributed by atoms with E-state index in [0.29, 0.717) is 24.3 Å². The van der Waals surface area contributed by atoms with Gasteiger partial charge in [0, 0.05) is 12.2 Å². The van der Waals surface area contributed by atoms with Crippen LogP contribution < -0.4 is 5.32 Å². The molecule has 0 aliphatic carbocycles. The molecular formula is C16H25FN2O2. The lowest BCUT2D eigenvalue weighted by Crippen LogP contribution is -2.48. The van der Waals surface area contributed by atoms with Crippen LogP contribution in [-0.2, 0) is 4.79 Å². The van der Waals surface area contributed by atoms with Crippen molar-refractivity contribution in [2.45, 2.75) is 46.3 Å². The monoisotopic (exact) mass is 296 g/mol. The molecule has 1 rings (SSSR count). The van der Waals surface area contributed by atoms with Gasteiger partial charge in [-0.25, -0.2) is 4.39 Å². The molecule has 118 valence electrons. The minimum atomic E-state index is -0.874. The van der Waals surface area contributed by atoms with E-state index in [4.69, 9.17) is 0 Å². The van der Waals surface area contributed by atoms with Crippen LogP contribution in [0, 0.1) is 12.7 Å². The summed E-state index contributed by atoms with van der Waals surface area (Å²) in [5.41, 5.74) is 0.105. The molecule has 4 nitrogen and oxygen atoms in total. The number of likely N-dealkylation sites (N-methyl/N-ethyl adjacent to an activating group) is 1. The number of hydrogen-bond acceptors (Lipinski definition) is 3. The Kier molecular flexibility index (Phi) is 5.87. The number of amides is 1. The van der Waals surface area contributed by atoms with Gasteiger partial charge in [-0.15, -0.1) is 0 Å². The topological polar surface area (TPSA) is 52.6 Å². The standard InChI is InChI=1S/C16H25FN2O2/c1-6-19(10-16(4,5)21)12(3)15(20)18-13-8-7-11(2)14(17)9-13/h7-9,12,21H,6,10H2,1-5H3,(H,18,20). The number of benzene rings is 1. The van der Waals surface area contributed by atoms with Crippen molar-refractivity contribution in [2.75, 3.05) is 18.4 Å². The summed E-state index contributed by atoms with van der Waals surface area (Å²) in [5, 5.41) is 12.6. The van der Waals surface area contributed by atoms with Crippen molar-refractivity contribution in [3.63, 3.8) is 0 Å². The molecule has 1 aromatic carbocycles. The summed E-state index contributed by atoms with van der Waals surface area (Å²) in [6.07, 6.45) is 0. The molecule has 5 heteroatoms. The van der Waals surface area contributed by atoms with E-state index in [9.17, 15) is 14.3 Å². The number of halogens is 1. The van der Waals surface area contributed by atoms with Gasteiger partial charge < -0.3 is 10.4 Å². The molecule has 0 bridgehead atoms. The molecule has 0 aromatic heterocycles. The van der Waals surface area contributed by atoms with Gasteiger partial charge in [0.1, 0.15) is 5.82 Å². The summed E-state index contributed by atoms with van der Waals surface area (Å²) in [6, 6.07) is 4.21. The lowest BCUT2D eigenvalue weighted by Gasteiger charge is -2.32. The SMILES string of the molecule is CCN(CC(C)(C)O)C(C)C(=O)Nc1ccc(C)c(F)c1. The highest BCUT2D eigenvalue weighted by Gasteiger charge is 2.25. The largest absolute Gasteiger partial charge is 0.389 e. The van der Waals surface area contributed by atoms with Gasteiger partial charge in [0.05, 0.1) is 11.6 Å². The van der Waals surface area contributed by atoms with Gasteiger partial charge in [-0.05, 0) is 51.9 Å². The Hall–Kier alpha value is -1.46. The zero-order chi connectivity index (χ0) is 16.2. The highest BCUT2D eigenvalue weighted by Crippen LogP contribution is 2.15. The van der Waals surface area contributed by atoms with E-state index in [-0.39, 0.29) is 11.7 Å². The van der Waals surface area contributed by atoms with Crippen LogP contribution in [-0.4, -0.2) is 40.6 Å². The van der Waals surface area contributed by atoms with Gasteiger partial charge in [0.2, 0.25) is 5.91 Å². The first-order chi connectivity index (χ1) is 9.64. The van der Waals surface area contributed by atoms with Gasteiger partial charge in [0.25, 0.3) is 0 Å². The van der Waals surface area contributed by atoms with Gasteiger partial charge in [0.15, 0.2) is 0 Å². The molecule has 21 heavy (non-hydrogen) atoms. The van der Waals surface area contributed by atoms with Gasteiger partial charge in [-0.2, -0.15) is 0 Å². The summed E-state index contributed by atoms with van der Waals surface area (Å²) >= 11 is 0. The van der Waals surface area contributed by atoms with E-state index < -0.39 is 11.6 Å². The molecule has 1 amide bonds. The third-order valence-corrected chi connectivity index (χ3v) is 3.36. The maximum absolute atomic E-state index is 13.5. The van der Waals surface area contributed by atoms with Crippen LogP contribution in [0.25, 0.3) is 0 Å². The molecule has 0 aliphatic rings. The van der Waals surface area contributed by atoms with E-state index in [1.807, 2.05) is 11.8 Å². The number of aryl methyl sites for hydroxylation is 1. The average Bonchev–Trinajstić information content (AvgIpc) is 2.38. The predicted molar refractivity (Wildman–Crippen MR) is 82.8 cm³/mol. The fraction of sp³-hybridized carbons (Fsp3) is 0.562. The molecule has 0 heterocycles. The first kappa shape index (κ1) is 17.6. The van der Waals surface area contributed by atoms with E-state index in [1.165, 1.54) is 6.07 Å². The van der Waals surface area contributed by atoms with Crippen molar-refractivity contribution >= 4 is 11.6 Å². The number of rotatable bonds is 6. The van der Waals surface area contributed by atoms with Crippen LogP contribution in [0.15, 0.2) is 18.2 Å². The number of carbonyl (C=O) groups excluding carboxylic acids is 1. The van der Waals surface area contributed by atoms with E-state index >= 15 is 0 Å². The van der Waals surface area contributed by atoms with Gasteiger partial charge in [-0.1, -0.05) is 13.0 Å². The first-order valence-electron chi connectivity index (χ1n) is 7.17. The maximum atomic E-state index is 13.5. The van der Waals surface area contributed by atoms with Crippen molar-refractivity contribution in [3.8, 4) is 0 Å². The Morgan fingerprint density at radius 1 is 1.48 bits per heavy atom. The minimum Gasteiger partial charge on any atom is -0.389 e. The number of aliphatic hydroxyl groups is 1. The highest BCUT2D eigenvalue weighted by molar-refractivity contribution is 5.94. The van der Waals surface area contributed by atoms with Gasteiger partial charge >= 0.3 is 0 Å². The molecule has 2 N–H and O–H groups in total. The number of nitrogens with one attached hydrogen (secondary N) is 1. The molecule has 1 unspecified atom stereocenters. The first-order valence-corrected chi connectivity index (χ1v) is 7.17. The van der Waals surface area contributed by atoms with E-state index in [0.717, 1.165) is 0 Å². The van der Waals surface area contributed by atoms with E-state index in [2.05, 4.69) is 5.32 Å². The highest BCUT2D eigenvalue weighted by atomic mass is 19.1. The Morgan fingerprint density at radius 2 is 2.10 bits per heavy atom. The van der Waals surface area contributed by atoms with Crippen molar-refractivity contribution < 1.29 is 14.3 Å². The fourth-order valence-corrected chi connectivity index (χ4v) is 2.10. The summed E-state index contributed by atoms with van der Waals surface area (Å²) in [6.45, 7) is 9.81. The number of hydrogen-bond donors (Lipinski definition) is 2. The smallest absolute Gasteiger partial charge is 0.241 e. The van der Waals surface area contributed by atoms with Crippen LogP contribution in [0.5, 0.6) is 0 Å². The normalized spacial score (nSPS) is 13.3. The molecule has 0 spiro atoms. The zero-order valence-corrected chi connectivity index (χ0v) is 13.4. The van der Waals surface area contributed by atoms with Crippen LogP contribution in [0.3, 0.4) is 0 Å².